The number of piperidine rings is 1. The molecule has 0 amide bonds. The van der Waals surface area contributed by atoms with Gasteiger partial charge in [-0.3, -0.25) is 5.32 Å². The van der Waals surface area contributed by atoms with Crippen molar-refractivity contribution in [2.75, 3.05) is 13.2 Å². The average molecular weight is 183 g/mol. The average Bonchev–Trinajstić information content (AvgIpc) is 2.02. The highest BCUT2D eigenvalue weighted by Crippen LogP contribution is 2.17. The lowest BCUT2D eigenvalue weighted by Crippen LogP contribution is -2.38. The number of hydrogen-bond acceptors (Lipinski definition) is 2. The van der Waals surface area contributed by atoms with Crippen LogP contribution in [0.4, 0.5) is 13.2 Å². The van der Waals surface area contributed by atoms with E-state index in [1.807, 2.05) is 0 Å². The largest absolute Gasteiger partial charge is 0.411 e. The molecule has 1 aliphatic rings. The van der Waals surface area contributed by atoms with Gasteiger partial charge in [0.05, 0.1) is 0 Å². The molecule has 1 saturated heterocycles. The molecule has 0 radical (unpaired) electrons. The van der Waals surface area contributed by atoms with Crippen molar-refractivity contribution in [2.45, 2.75) is 31.7 Å². The number of rotatable bonds is 2. The third kappa shape index (κ3) is 3.92. The van der Waals surface area contributed by atoms with E-state index in [-0.39, 0.29) is 0 Å². The molecule has 5 heteroatoms. The van der Waals surface area contributed by atoms with E-state index in [1.165, 1.54) is 0 Å². The topological polar surface area (TPSA) is 21.3 Å². The van der Waals surface area contributed by atoms with Gasteiger partial charge in [-0.25, -0.2) is 0 Å². The highest BCUT2D eigenvalue weighted by Gasteiger charge is 2.29. The first-order valence-corrected chi connectivity index (χ1v) is 4.00. The van der Waals surface area contributed by atoms with E-state index in [0.717, 1.165) is 19.4 Å². The zero-order valence-corrected chi connectivity index (χ0v) is 6.66. The van der Waals surface area contributed by atoms with Crippen molar-refractivity contribution < 1.29 is 17.9 Å². The Hall–Kier alpha value is -0.290. The van der Waals surface area contributed by atoms with Gasteiger partial charge in [0.2, 0.25) is 0 Å². The lowest BCUT2D eigenvalue weighted by atomic mass is 10.1. The summed E-state index contributed by atoms with van der Waals surface area (Å²) in [6.07, 6.45) is -1.98. The van der Waals surface area contributed by atoms with Crippen molar-refractivity contribution in [2.24, 2.45) is 0 Å². The maximum absolute atomic E-state index is 11.7. The molecule has 72 valence electrons. The summed E-state index contributed by atoms with van der Waals surface area (Å²) < 4.78 is 39.6. The number of ether oxygens (including phenoxy) is 1. The fourth-order valence-electron chi connectivity index (χ4n) is 1.16. The standard InChI is InChI=1S/C7H12F3NO/c8-7(9,10)5-12-6-3-1-2-4-11-6/h6,11H,1-5H2. The molecule has 1 aliphatic heterocycles. The number of alkyl halides is 3. The van der Waals surface area contributed by atoms with Gasteiger partial charge in [-0.1, -0.05) is 0 Å². The zero-order valence-electron chi connectivity index (χ0n) is 6.66. The SMILES string of the molecule is FC(F)(F)COC1CCCCN1. The van der Waals surface area contributed by atoms with Gasteiger partial charge in [-0.05, 0) is 25.8 Å². The molecule has 1 unspecified atom stereocenters. The third-order valence-corrected chi connectivity index (χ3v) is 1.71. The highest BCUT2D eigenvalue weighted by atomic mass is 19.4. The van der Waals surface area contributed by atoms with E-state index in [1.54, 1.807) is 0 Å². The number of hydrogen-bond donors (Lipinski definition) is 1. The van der Waals surface area contributed by atoms with Crippen molar-refractivity contribution in [1.29, 1.82) is 0 Å². The first-order chi connectivity index (χ1) is 5.58. The van der Waals surface area contributed by atoms with Crippen molar-refractivity contribution in [3.05, 3.63) is 0 Å². The summed E-state index contributed by atoms with van der Waals surface area (Å²) in [5.41, 5.74) is 0. The van der Waals surface area contributed by atoms with Crippen LogP contribution in [0.2, 0.25) is 0 Å². The van der Waals surface area contributed by atoms with Gasteiger partial charge < -0.3 is 4.74 Å². The Morgan fingerprint density at radius 3 is 2.58 bits per heavy atom. The van der Waals surface area contributed by atoms with E-state index in [0.29, 0.717) is 6.42 Å². The predicted molar refractivity (Wildman–Crippen MR) is 37.6 cm³/mol. The summed E-state index contributed by atoms with van der Waals surface area (Å²) in [4.78, 5) is 0. The highest BCUT2D eigenvalue weighted by molar-refractivity contribution is 4.64. The fourth-order valence-corrected chi connectivity index (χ4v) is 1.16. The van der Waals surface area contributed by atoms with Crippen molar-refractivity contribution >= 4 is 0 Å². The monoisotopic (exact) mass is 183 g/mol. The molecular formula is C7H12F3NO. The van der Waals surface area contributed by atoms with Crippen LogP contribution in [0.5, 0.6) is 0 Å². The maximum atomic E-state index is 11.7. The molecule has 1 heterocycles. The molecule has 0 spiro atoms. The summed E-state index contributed by atoms with van der Waals surface area (Å²) >= 11 is 0. The minimum Gasteiger partial charge on any atom is -0.354 e. The van der Waals surface area contributed by atoms with E-state index in [4.69, 9.17) is 0 Å². The van der Waals surface area contributed by atoms with Crippen LogP contribution < -0.4 is 5.32 Å². The van der Waals surface area contributed by atoms with Crippen LogP contribution >= 0.6 is 0 Å². The summed E-state index contributed by atoms with van der Waals surface area (Å²) in [6.45, 7) is -0.396. The molecule has 0 aromatic heterocycles. The minimum atomic E-state index is -4.21. The molecule has 1 atom stereocenters. The van der Waals surface area contributed by atoms with Gasteiger partial charge in [0.1, 0.15) is 12.8 Å². The van der Waals surface area contributed by atoms with Crippen LogP contribution in [0, 0.1) is 0 Å². The van der Waals surface area contributed by atoms with Crippen LogP contribution in [0.15, 0.2) is 0 Å². The van der Waals surface area contributed by atoms with E-state index in [2.05, 4.69) is 10.1 Å². The Kier molecular flexibility index (Phi) is 3.34. The molecule has 0 aliphatic carbocycles. The van der Waals surface area contributed by atoms with Gasteiger partial charge in [0.25, 0.3) is 0 Å². The predicted octanol–water partition coefficient (Wildman–Crippen LogP) is 1.66. The summed E-state index contributed by atoms with van der Waals surface area (Å²) in [7, 11) is 0. The number of halogens is 3. The smallest absolute Gasteiger partial charge is 0.354 e. The summed E-state index contributed by atoms with van der Waals surface area (Å²) in [5.74, 6) is 0. The molecule has 0 saturated carbocycles. The molecule has 1 fully saturated rings. The Labute approximate surface area is 69.1 Å². The number of nitrogens with one attached hydrogen (secondary N) is 1. The summed E-state index contributed by atoms with van der Waals surface area (Å²) in [6, 6.07) is 0. The van der Waals surface area contributed by atoms with Gasteiger partial charge >= 0.3 is 6.18 Å². The second-order valence-electron chi connectivity index (χ2n) is 2.86. The Balaban J connectivity index is 2.13. The van der Waals surface area contributed by atoms with Crippen LogP contribution in [0.3, 0.4) is 0 Å². The third-order valence-electron chi connectivity index (χ3n) is 1.71. The van der Waals surface area contributed by atoms with Crippen LogP contribution in [0.1, 0.15) is 19.3 Å². The normalized spacial score (nSPS) is 25.8. The lowest BCUT2D eigenvalue weighted by molar-refractivity contribution is -0.190. The Bertz CT molecular complexity index is 131. The first kappa shape index (κ1) is 9.80. The van der Waals surface area contributed by atoms with Crippen molar-refractivity contribution in [3.8, 4) is 0 Å². The molecule has 1 rings (SSSR count). The fraction of sp³-hybridized carbons (Fsp3) is 1.00. The van der Waals surface area contributed by atoms with Crippen LogP contribution in [0.25, 0.3) is 0 Å². The molecule has 12 heavy (non-hydrogen) atoms. The van der Waals surface area contributed by atoms with Crippen molar-refractivity contribution in [1.82, 2.24) is 5.32 Å². The van der Waals surface area contributed by atoms with Gasteiger partial charge in [0.15, 0.2) is 0 Å². The lowest BCUT2D eigenvalue weighted by Gasteiger charge is -2.23. The molecule has 0 aromatic rings. The minimum absolute atomic E-state index is 0.402. The second kappa shape index (κ2) is 4.09. The quantitative estimate of drug-likeness (QED) is 0.703. The maximum Gasteiger partial charge on any atom is 0.411 e. The molecule has 1 N–H and O–H groups in total. The zero-order chi connectivity index (χ0) is 9.03. The van der Waals surface area contributed by atoms with Gasteiger partial charge in [-0.15, -0.1) is 0 Å². The first-order valence-electron chi connectivity index (χ1n) is 4.00. The van der Waals surface area contributed by atoms with E-state index < -0.39 is 19.0 Å². The molecular weight excluding hydrogens is 171 g/mol. The van der Waals surface area contributed by atoms with E-state index >= 15 is 0 Å². The van der Waals surface area contributed by atoms with Crippen molar-refractivity contribution in [3.63, 3.8) is 0 Å². The Morgan fingerprint density at radius 2 is 2.08 bits per heavy atom. The molecule has 0 aromatic carbocycles. The van der Waals surface area contributed by atoms with E-state index in [9.17, 15) is 13.2 Å². The van der Waals surface area contributed by atoms with Crippen LogP contribution in [-0.4, -0.2) is 25.6 Å². The van der Waals surface area contributed by atoms with Gasteiger partial charge in [0, 0.05) is 0 Å². The second-order valence-corrected chi connectivity index (χ2v) is 2.86. The van der Waals surface area contributed by atoms with Crippen LogP contribution in [-0.2, 0) is 4.74 Å². The molecule has 2 nitrogen and oxygen atoms in total. The summed E-state index contributed by atoms with van der Waals surface area (Å²) in [5, 5.41) is 2.87. The molecule has 0 bridgehead atoms. The van der Waals surface area contributed by atoms with Gasteiger partial charge in [-0.2, -0.15) is 13.2 Å². The Morgan fingerprint density at radius 1 is 1.33 bits per heavy atom.